The van der Waals surface area contributed by atoms with Crippen molar-refractivity contribution >= 4 is 0 Å². The van der Waals surface area contributed by atoms with Crippen molar-refractivity contribution in [1.29, 1.82) is 0 Å². The molecule has 64 valence electrons. The predicted octanol–water partition coefficient (Wildman–Crippen LogP) is 2.03. The number of rotatable bonds is 0. The Labute approximate surface area is 71.8 Å². The second-order valence-corrected chi connectivity index (χ2v) is 3.14. The molecule has 0 saturated heterocycles. The zero-order valence-corrected chi connectivity index (χ0v) is 7.13. The van der Waals surface area contributed by atoms with Gasteiger partial charge in [-0.25, -0.2) is 0 Å². The van der Waals surface area contributed by atoms with Crippen LogP contribution in [0.25, 0.3) is 0 Å². The van der Waals surface area contributed by atoms with Crippen LogP contribution in [-0.4, -0.2) is 11.7 Å². The highest BCUT2D eigenvalue weighted by atomic mass is 16.5. The van der Waals surface area contributed by atoms with Gasteiger partial charge in [0.1, 0.15) is 11.5 Å². The van der Waals surface area contributed by atoms with E-state index in [4.69, 9.17) is 4.74 Å². The summed E-state index contributed by atoms with van der Waals surface area (Å²) in [7, 11) is 0. The number of aromatic hydroxyl groups is 1. The molecule has 2 nitrogen and oxygen atoms in total. The second kappa shape index (κ2) is 2.70. The van der Waals surface area contributed by atoms with E-state index >= 15 is 0 Å². The molecule has 1 N–H and O–H groups in total. The molecule has 0 aliphatic carbocycles. The summed E-state index contributed by atoms with van der Waals surface area (Å²) in [5.41, 5.74) is 2.13. The molecule has 2 heteroatoms. The average molecular weight is 164 g/mol. The molecule has 12 heavy (non-hydrogen) atoms. The predicted molar refractivity (Wildman–Crippen MR) is 46.7 cm³/mol. The Morgan fingerprint density at radius 2 is 2.25 bits per heavy atom. The van der Waals surface area contributed by atoms with Crippen molar-refractivity contribution in [2.45, 2.75) is 19.8 Å². The lowest BCUT2D eigenvalue weighted by Crippen LogP contribution is -2.09. The van der Waals surface area contributed by atoms with Crippen molar-refractivity contribution in [2.24, 2.45) is 0 Å². The van der Waals surface area contributed by atoms with Crippen molar-refractivity contribution in [3.8, 4) is 11.5 Å². The smallest absolute Gasteiger partial charge is 0.123 e. The molecule has 0 spiro atoms. The summed E-state index contributed by atoms with van der Waals surface area (Å²) in [5.74, 6) is 1.32. The van der Waals surface area contributed by atoms with Gasteiger partial charge in [-0.1, -0.05) is 0 Å². The number of hydrogen-bond acceptors (Lipinski definition) is 2. The minimum Gasteiger partial charge on any atom is -0.508 e. The minimum absolute atomic E-state index is 0.374. The maximum Gasteiger partial charge on any atom is 0.123 e. The molecule has 1 aliphatic heterocycles. The quantitative estimate of drug-likeness (QED) is 0.635. The maximum atomic E-state index is 9.42. The van der Waals surface area contributed by atoms with E-state index in [0.29, 0.717) is 5.75 Å². The zero-order valence-electron chi connectivity index (χ0n) is 7.13. The van der Waals surface area contributed by atoms with Crippen LogP contribution >= 0.6 is 0 Å². The van der Waals surface area contributed by atoms with E-state index in [1.807, 2.05) is 13.0 Å². The summed E-state index contributed by atoms with van der Waals surface area (Å²) in [6.45, 7) is 2.74. The standard InChI is InChI=1S/C10H12O2/c1-7-8-3-2-6-12-10(8)5-4-9(7)11/h4-5,11H,2-3,6H2,1H3. The van der Waals surface area contributed by atoms with Gasteiger partial charge >= 0.3 is 0 Å². The van der Waals surface area contributed by atoms with E-state index in [0.717, 1.165) is 30.8 Å². The maximum absolute atomic E-state index is 9.42. The van der Waals surface area contributed by atoms with Crippen molar-refractivity contribution < 1.29 is 9.84 Å². The molecule has 0 fully saturated rings. The first kappa shape index (κ1) is 7.47. The summed E-state index contributed by atoms with van der Waals surface area (Å²) in [6, 6.07) is 3.54. The van der Waals surface area contributed by atoms with Gasteiger partial charge in [-0.15, -0.1) is 0 Å². The normalized spacial score (nSPS) is 15.1. The second-order valence-electron chi connectivity index (χ2n) is 3.14. The van der Waals surface area contributed by atoms with Crippen LogP contribution in [0.2, 0.25) is 0 Å². The third-order valence-corrected chi connectivity index (χ3v) is 2.36. The fraction of sp³-hybridized carbons (Fsp3) is 0.400. The number of hydrogen-bond donors (Lipinski definition) is 1. The van der Waals surface area contributed by atoms with Gasteiger partial charge in [0.15, 0.2) is 0 Å². The summed E-state index contributed by atoms with van der Waals surface area (Å²) in [6.07, 6.45) is 2.08. The summed E-state index contributed by atoms with van der Waals surface area (Å²) in [4.78, 5) is 0. The number of fused-ring (bicyclic) bond motifs is 1. The molecule has 1 aromatic rings. The molecule has 0 atom stereocenters. The Balaban J connectivity index is 2.54. The van der Waals surface area contributed by atoms with Gasteiger partial charge in [-0.05, 0) is 37.5 Å². The molecule has 0 aromatic heterocycles. The van der Waals surface area contributed by atoms with Gasteiger partial charge in [0.25, 0.3) is 0 Å². The SMILES string of the molecule is Cc1c(O)ccc2c1CCCO2. The third-order valence-electron chi connectivity index (χ3n) is 2.36. The number of ether oxygens (including phenoxy) is 1. The Morgan fingerprint density at radius 1 is 1.42 bits per heavy atom. The Morgan fingerprint density at radius 3 is 3.08 bits per heavy atom. The molecule has 0 amide bonds. The van der Waals surface area contributed by atoms with E-state index in [-0.39, 0.29) is 0 Å². The molecular formula is C10H12O2. The summed E-state index contributed by atoms with van der Waals surface area (Å²) >= 11 is 0. The average Bonchev–Trinajstić information content (AvgIpc) is 2.12. The van der Waals surface area contributed by atoms with Crippen molar-refractivity contribution in [3.05, 3.63) is 23.3 Å². The van der Waals surface area contributed by atoms with Crippen LogP contribution in [0.1, 0.15) is 17.5 Å². The van der Waals surface area contributed by atoms with E-state index in [9.17, 15) is 5.11 Å². The molecule has 0 radical (unpaired) electrons. The largest absolute Gasteiger partial charge is 0.508 e. The summed E-state index contributed by atoms with van der Waals surface area (Å²) < 4.78 is 5.45. The monoisotopic (exact) mass is 164 g/mol. The van der Waals surface area contributed by atoms with Crippen molar-refractivity contribution in [3.63, 3.8) is 0 Å². The van der Waals surface area contributed by atoms with Crippen molar-refractivity contribution in [2.75, 3.05) is 6.61 Å². The van der Waals surface area contributed by atoms with Crippen LogP contribution in [0.3, 0.4) is 0 Å². The molecule has 1 aromatic carbocycles. The molecule has 1 heterocycles. The first-order valence-electron chi connectivity index (χ1n) is 4.23. The van der Waals surface area contributed by atoms with Gasteiger partial charge in [-0.2, -0.15) is 0 Å². The lowest BCUT2D eigenvalue weighted by Gasteiger charge is -2.19. The Hall–Kier alpha value is -1.18. The minimum atomic E-state index is 0.374. The lowest BCUT2D eigenvalue weighted by atomic mass is 10.0. The molecule has 0 unspecified atom stereocenters. The summed E-state index contributed by atoms with van der Waals surface area (Å²) in [5, 5.41) is 9.42. The third kappa shape index (κ3) is 1.04. The van der Waals surface area contributed by atoms with E-state index in [1.165, 1.54) is 5.56 Å². The molecule has 0 saturated carbocycles. The first-order chi connectivity index (χ1) is 5.79. The fourth-order valence-corrected chi connectivity index (χ4v) is 1.60. The molecule has 1 aliphatic rings. The van der Waals surface area contributed by atoms with Gasteiger partial charge in [-0.3, -0.25) is 0 Å². The van der Waals surface area contributed by atoms with E-state index in [1.54, 1.807) is 6.07 Å². The lowest BCUT2D eigenvalue weighted by molar-refractivity contribution is 0.286. The van der Waals surface area contributed by atoms with Gasteiger partial charge in [0.05, 0.1) is 6.61 Å². The highest BCUT2D eigenvalue weighted by Crippen LogP contribution is 2.32. The zero-order chi connectivity index (χ0) is 8.55. The fourth-order valence-electron chi connectivity index (χ4n) is 1.60. The van der Waals surface area contributed by atoms with Crippen molar-refractivity contribution in [1.82, 2.24) is 0 Å². The number of phenols is 1. The highest BCUT2D eigenvalue weighted by Gasteiger charge is 2.13. The van der Waals surface area contributed by atoms with Gasteiger partial charge in [0.2, 0.25) is 0 Å². The van der Waals surface area contributed by atoms with Crippen LogP contribution in [0.15, 0.2) is 12.1 Å². The molecule has 0 bridgehead atoms. The van der Waals surface area contributed by atoms with Gasteiger partial charge in [0, 0.05) is 5.56 Å². The molecular weight excluding hydrogens is 152 g/mol. The molecule has 2 rings (SSSR count). The Kier molecular flexibility index (Phi) is 1.68. The topological polar surface area (TPSA) is 29.5 Å². The first-order valence-corrected chi connectivity index (χ1v) is 4.23. The highest BCUT2D eigenvalue weighted by molar-refractivity contribution is 5.47. The number of phenolic OH excluding ortho intramolecular Hbond substituents is 1. The Bertz CT molecular complexity index is 305. The van der Waals surface area contributed by atoms with E-state index in [2.05, 4.69) is 0 Å². The van der Waals surface area contributed by atoms with E-state index < -0.39 is 0 Å². The van der Waals surface area contributed by atoms with Crippen LogP contribution < -0.4 is 4.74 Å². The van der Waals surface area contributed by atoms with Crippen LogP contribution in [-0.2, 0) is 6.42 Å². The van der Waals surface area contributed by atoms with Crippen LogP contribution in [0, 0.1) is 6.92 Å². The van der Waals surface area contributed by atoms with Crippen LogP contribution in [0.4, 0.5) is 0 Å². The number of benzene rings is 1. The van der Waals surface area contributed by atoms with Gasteiger partial charge < -0.3 is 9.84 Å². The van der Waals surface area contributed by atoms with Crippen LogP contribution in [0.5, 0.6) is 11.5 Å².